The Hall–Kier alpha value is -0.670. The molecule has 3 rings (SSSR count). The Labute approximate surface area is 126 Å². The van der Waals surface area contributed by atoms with Gasteiger partial charge in [-0.3, -0.25) is 9.69 Å². The first-order valence-corrected chi connectivity index (χ1v) is 8.67. The number of hydrogen-bond acceptors (Lipinski definition) is 3. The highest BCUT2D eigenvalue weighted by Gasteiger charge is 2.36. The van der Waals surface area contributed by atoms with Crippen molar-refractivity contribution in [3.05, 3.63) is 21.9 Å². The number of carbonyl (C=O) groups is 1. The molecular weight excluding hydrogens is 266 g/mol. The minimum absolute atomic E-state index is 0.251. The normalized spacial score (nSPS) is 30.2. The number of rotatable bonds is 2. The number of fused-ring (bicyclic) bond motifs is 1. The Morgan fingerprint density at radius 2 is 2.20 bits per heavy atom. The summed E-state index contributed by atoms with van der Waals surface area (Å²) >= 11 is 1.88. The van der Waals surface area contributed by atoms with Gasteiger partial charge in [0.15, 0.2) is 0 Å². The summed E-state index contributed by atoms with van der Waals surface area (Å²) in [6.07, 6.45) is 4.06. The second kappa shape index (κ2) is 5.27. The van der Waals surface area contributed by atoms with Crippen LogP contribution in [0.4, 0.5) is 0 Å². The van der Waals surface area contributed by atoms with Gasteiger partial charge in [-0.2, -0.15) is 0 Å². The lowest BCUT2D eigenvalue weighted by Crippen LogP contribution is -2.42. The van der Waals surface area contributed by atoms with Crippen LogP contribution < -0.4 is 0 Å². The third-order valence-corrected chi connectivity index (χ3v) is 6.16. The number of nitrogens with zero attached hydrogens (tertiary/aromatic N) is 1. The minimum Gasteiger partial charge on any atom is -0.299 e. The molecule has 1 aliphatic carbocycles. The molecule has 20 heavy (non-hydrogen) atoms. The summed E-state index contributed by atoms with van der Waals surface area (Å²) in [7, 11) is 0. The van der Waals surface area contributed by atoms with Gasteiger partial charge in [-0.1, -0.05) is 13.8 Å². The second-order valence-corrected chi connectivity index (χ2v) is 8.25. The van der Waals surface area contributed by atoms with E-state index in [1.165, 1.54) is 5.56 Å². The van der Waals surface area contributed by atoms with Crippen molar-refractivity contribution < 1.29 is 4.79 Å². The van der Waals surface area contributed by atoms with Crippen LogP contribution in [0, 0.1) is 11.3 Å². The average Bonchev–Trinajstić information content (AvgIpc) is 2.86. The van der Waals surface area contributed by atoms with Crippen LogP contribution in [0.3, 0.4) is 0 Å². The molecule has 1 fully saturated rings. The van der Waals surface area contributed by atoms with Crippen molar-refractivity contribution in [2.45, 2.75) is 52.5 Å². The van der Waals surface area contributed by atoms with Crippen LogP contribution in [-0.4, -0.2) is 23.8 Å². The lowest BCUT2D eigenvalue weighted by Gasteiger charge is -2.40. The van der Waals surface area contributed by atoms with Crippen LogP contribution in [0.25, 0.3) is 0 Å². The van der Waals surface area contributed by atoms with Crippen LogP contribution in [0.1, 0.15) is 56.5 Å². The van der Waals surface area contributed by atoms with E-state index in [-0.39, 0.29) is 5.92 Å². The van der Waals surface area contributed by atoms with E-state index in [4.69, 9.17) is 0 Å². The molecule has 2 heterocycles. The molecule has 0 radical (unpaired) electrons. The van der Waals surface area contributed by atoms with Crippen LogP contribution in [-0.2, 0) is 11.2 Å². The van der Waals surface area contributed by atoms with Gasteiger partial charge in [-0.15, -0.1) is 11.3 Å². The largest absolute Gasteiger partial charge is 0.299 e. The number of ketones is 1. The van der Waals surface area contributed by atoms with Crippen LogP contribution in [0.15, 0.2) is 11.4 Å². The zero-order valence-corrected chi connectivity index (χ0v) is 13.6. The Bertz CT molecular complexity index is 505. The summed E-state index contributed by atoms with van der Waals surface area (Å²) in [5.41, 5.74) is 1.83. The van der Waals surface area contributed by atoms with Gasteiger partial charge in [0.25, 0.3) is 0 Å². The van der Waals surface area contributed by atoms with Gasteiger partial charge in [-0.05, 0) is 48.6 Å². The molecule has 0 amide bonds. The van der Waals surface area contributed by atoms with E-state index in [9.17, 15) is 4.79 Å². The van der Waals surface area contributed by atoms with Crippen molar-refractivity contribution in [2.75, 3.05) is 13.1 Å². The summed E-state index contributed by atoms with van der Waals surface area (Å²) in [4.78, 5) is 16.3. The highest BCUT2D eigenvalue weighted by atomic mass is 32.1. The fourth-order valence-electron chi connectivity index (χ4n) is 3.81. The van der Waals surface area contributed by atoms with Crippen molar-refractivity contribution in [2.24, 2.45) is 11.3 Å². The summed E-state index contributed by atoms with van der Waals surface area (Å²) in [5.74, 6) is 0.744. The van der Waals surface area contributed by atoms with Crippen molar-refractivity contribution in [3.63, 3.8) is 0 Å². The maximum atomic E-state index is 12.2. The number of thiophene rings is 1. The van der Waals surface area contributed by atoms with Gasteiger partial charge in [-0.25, -0.2) is 0 Å². The molecule has 0 saturated heterocycles. The standard InChI is InChI=1S/C17H25NOS/c1-12-14-6-9-20-16(14)5-8-18(12)11-13-10-17(2,3)7-4-15(13)19/h6,9,12-13H,4-5,7-8,10-11H2,1-3H3. The van der Waals surface area contributed by atoms with Crippen molar-refractivity contribution in [3.8, 4) is 0 Å². The Morgan fingerprint density at radius 1 is 1.40 bits per heavy atom. The fraction of sp³-hybridized carbons (Fsp3) is 0.706. The zero-order valence-electron chi connectivity index (χ0n) is 12.8. The lowest BCUT2D eigenvalue weighted by atomic mass is 9.71. The third-order valence-electron chi connectivity index (χ3n) is 5.16. The smallest absolute Gasteiger partial charge is 0.137 e. The van der Waals surface area contributed by atoms with Gasteiger partial charge in [0.05, 0.1) is 0 Å². The third kappa shape index (κ3) is 2.71. The molecule has 0 spiro atoms. The summed E-state index contributed by atoms with van der Waals surface area (Å²) in [6, 6.07) is 2.74. The minimum atomic E-state index is 0.251. The zero-order chi connectivity index (χ0) is 14.3. The monoisotopic (exact) mass is 291 g/mol. The maximum Gasteiger partial charge on any atom is 0.137 e. The van der Waals surface area contributed by atoms with Gasteiger partial charge in [0, 0.05) is 36.3 Å². The Kier molecular flexibility index (Phi) is 3.76. The maximum absolute atomic E-state index is 12.2. The summed E-state index contributed by atoms with van der Waals surface area (Å²) in [5, 5.41) is 2.21. The SMILES string of the molecule is CC1c2ccsc2CCN1CC1CC(C)(C)CCC1=O. The molecule has 2 nitrogen and oxygen atoms in total. The number of carbonyl (C=O) groups excluding carboxylic acids is 1. The number of Topliss-reactive ketones (excluding diaryl/α,β-unsaturated/α-hetero) is 1. The first-order chi connectivity index (χ1) is 9.46. The second-order valence-electron chi connectivity index (χ2n) is 7.25. The van der Waals surface area contributed by atoms with E-state index < -0.39 is 0 Å². The predicted octanol–water partition coefficient (Wildman–Crippen LogP) is 4.06. The summed E-state index contributed by atoms with van der Waals surface area (Å²) in [6.45, 7) is 8.98. The van der Waals surface area contributed by atoms with E-state index in [2.05, 4.69) is 37.1 Å². The molecule has 1 aromatic rings. The van der Waals surface area contributed by atoms with Crippen LogP contribution in [0.2, 0.25) is 0 Å². The van der Waals surface area contributed by atoms with Crippen molar-refractivity contribution >= 4 is 17.1 Å². The van der Waals surface area contributed by atoms with Crippen LogP contribution in [0.5, 0.6) is 0 Å². The first kappa shape index (κ1) is 14.3. The highest BCUT2D eigenvalue weighted by Crippen LogP contribution is 2.39. The molecule has 2 aliphatic rings. The van der Waals surface area contributed by atoms with Gasteiger partial charge in [0.1, 0.15) is 5.78 Å². The predicted molar refractivity (Wildman–Crippen MR) is 84.1 cm³/mol. The van der Waals surface area contributed by atoms with E-state index >= 15 is 0 Å². The van der Waals surface area contributed by atoms with Gasteiger partial charge < -0.3 is 0 Å². The Balaban J connectivity index is 1.70. The fourth-order valence-corrected chi connectivity index (χ4v) is 4.77. The van der Waals surface area contributed by atoms with Gasteiger partial charge >= 0.3 is 0 Å². The van der Waals surface area contributed by atoms with Crippen LogP contribution >= 0.6 is 11.3 Å². The molecule has 0 N–H and O–H groups in total. The molecule has 0 aromatic carbocycles. The molecular formula is C17H25NOS. The van der Waals surface area contributed by atoms with Gasteiger partial charge in [0.2, 0.25) is 0 Å². The van der Waals surface area contributed by atoms with Crippen molar-refractivity contribution in [1.82, 2.24) is 4.90 Å². The van der Waals surface area contributed by atoms with E-state index in [0.29, 0.717) is 17.2 Å². The molecule has 1 aliphatic heterocycles. The molecule has 1 aromatic heterocycles. The molecule has 0 bridgehead atoms. The number of hydrogen-bond donors (Lipinski definition) is 0. The summed E-state index contributed by atoms with van der Waals surface area (Å²) < 4.78 is 0. The average molecular weight is 291 g/mol. The lowest BCUT2D eigenvalue weighted by molar-refractivity contribution is -0.128. The molecule has 2 atom stereocenters. The van der Waals surface area contributed by atoms with E-state index in [1.807, 2.05) is 11.3 Å². The van der Waals surface area contributed by atoms with Crippen molar-refractivity contribution in [1.29, 1.82) is 0 Å². The van der Waals surface area contributed by atoms with E-state index in [1.54, 1.807) is 4.88 Å². The Morgan fingerprint density at radius 3 is 3.00 bits per heavy atom. The quantitative estimate of drug-likeness (QED) is 0.819. The first-order valence-electron chi connectivity index (χ1n) is 7.79. The molecule has 110 valence electrons. The highest BCUT2D eigenvalue weighted by molar-refractivity contribution is 7.10. The topological polar surface area (TPSA) is 20.3 Å². The molecule has 3 heteroatoms. The van der Waals surface area contributed by atoms with E-state index in [0.717, 1.165) is 38.8 Å². The molecule has 1 saturated carbocycles. The molecule has 2 unspecified atom stereocenters.